The van der Waals surface area contributed by atoms with E-state index in [-0.39, 0.29) is 6.10 Å². The number of rotatable bonds is 2. The van der Waals surface area contributed by atoms with Crippen molar-refractivity contribution in [3.8, 4) is 11.5 Å². The number of para-hydroxylation sites is 2. The Bertz CT molecular complexity index is 567. The number of nitrogens with two attached hydrogens (primary N) is 1. The third kappa shape index (κ3) is 1.85. The first kappa shape index (κ1) is 10.9. The van der Waals surface area contributed by atoms with Crippen LogP contribution in [-0.4, -0.2) is 27.7 Å². The van der Waals surface area contributed by atoms with Gasteiger partial charge in [-0.1, -0.05) is 17.3 Å². The smallest absolute Gasteiger partial charge is 0.168 e. The Labute approximate surface area is 104 Å². The molecule has 1 aromatic carbocycles. The van der Waals surface area contributed by atoms with Gasteiger partial charge in [0.2, 0.25) is 0 Å². The average molecular weight is 246 g/mol. The van der Waals surface area contributed by atoms with E-state index < -0.39 is 0 Å². The molecule has 6 heteroatoms. The first-order chi connectivity index (χ1) is 8.74. The molecular formula is C12H14N4O2. The Hall–Kier alpha value is -2.24. The average Bonchev–Trinajstić information content (AvgIpc) is 2.71. The highest BCUT2D eigenvalue weighted by atomic mass is 16.6. The lowest BCUT2D eigenvalue weighted by Crippen LogP contribution is -2.33. The lowest BCUT2D eigenvalue weighted by atomic mass is 10.2. The normalized spacial score (nSPS) is 17.7. The molecule has 94 valence electrons. The molecule has 2 heterocycles. The third-order valence-electron chi connectivity index (χ3n) is 2.96. The highest BCUT2D eigenvalue weighted by Gasteiger charge is 2.22. The van der Waals surface area contributed by atoms with Crippen molar-refractivity contribution in [2.75, 3.05) is 12.3 Å². The fourth-order valence-electron chi connectivity index (χ4n) is 1.89. The first-order valence-corrected chi connectivity index (χ1v) is 5.78. The van der Waals surface area contributed by atoms with Crippen molar-refractivity contribution < 1.29 is 9.47 Å². The third-order valence-corrected chi connectivity index (χ3v) is 2.96. The van der Waals surface area contributed by atoms with Crippen LogP contribution < -0.4 is 15.2 Å². The fourth-order valence-corrected chi connectivity index (χ4v) is 1.89. The molecule has 0 fully saturated rings. The van der Waals surface area contributed by atoms with Crippen LogP contribution in [0.5, 0.6) is 11.5 Å². The van der Waals surface area contributed by atoms with E-state index in [9.17, 15) is 0 Å². The van der Waals surface area contributed by atoms with E-state index in [1.54, 1.807) is 4.68 Å². The molecule has 18 heavy (non-hydrogen) atoms. The number of anilines is 1. The van der Waals surface area contributed by atoms with Crippen LogP contribution in [-0.2, 0) is 6.54 Å². The van der Waals surface area contributed by atoms with Gasteiger partial charge in [0.05, 0.1) is 12.2 Å². The summed E-state index contributed by atoms with van der Waals surface area (Å²) in [5, 5.41) is 7.79. The molecule has 2 N–H and O–H groups in total. The SMILES string of the molecule is Cc1c(N)nnn1CC1COc2ccccc2O1. The number of ether oxygens (including phenoxy) is 2. The Morgan fingerprint density at radius 1 is 1.39 bits per heavy atom. The van der Waals surface area contributed by atoms with Crippen LogP contribution in [0.15, 0.2) is 24.3 Å². The topological polar surface area (TPSA) is 75.2 Å². The van der Waals surface area contributed by atoms with Crippen LogP contribution in [0.4, 0.5) is 5.82 Å². The van der Waals surface area contributed by atoms with E-state index in [2.05, 4.69) is 10.3 Å². The van der Waals surface area contributed by atoms with Gasteiger partial charge in [-0.25, -0.2) is 4.68 Å². The summed E-state index contributed by atoms with van der Waals surface area (Å²) in [4.78, 5) is 0. The maximum absolute atomic E-state index is 5.85. The molecule has 0 amide bonds. The quantitative estimate of drug-likeness (QED) is 0.855. The Morgan fingerprint density at radius 3 is 2.89 bits per heavy atom. The summed E-state index contributed by atoms with van der Waals surface area (Å²) in [6, 6.07) is 7.63. The van der Waals surface area contributed by atoms with E-state index in [0.29, 0.717) is 19.0 Å². The van der Waals surface area contributed by atoms with Gasteiger partial charge in [-0.2, -0.15) is 0 Å². The van der Waals surface area contributed by atoms with Crippen LogP contribution in [0.3, 0.4) is 0 Å². The van der Waals surface area contributed by atoms with Crippen LogP contribution in [0.2, 0.25) is 0 Å². The second-order valence-corrected chi connectivity index (χ2v) is 4.24. The molecule has 1 aliphatic rings. The van der Waals surface area contributed by atoms with Crippen molar-refractivity contribution in [2.24, 2.45) is 0 Å². The minimum Gasteiger partial charge on any atom is -0.486 e. The molecule has 1 aromatic heterocycles. The maximum atomic E-state index is 5.85. The monoisotopic (exact) mass is 246 g/mol. The summed E-state index contributed by atoms with van der Waals surface area (Å²) < 4.78 is 13.2. The minimum absolute atomic E-state index is 0.0836. The number of nitrogen functional groups attached to an aromatic ring is 1. The largest absolute Gasteiger partial charge is 0.486 e. The summed E-state index contributed by atoms with van der Waals surface area (Å²) in [6.45, 7) is 2.95. The van der Waals surface area contributed by atoms with Gasteiger partial charge in [0.1, 0.15) is 6.61 Å². The Morgan fingerprint density at radius 2 is 2.17 bits per heavy atom. The molecule has 0 radical (unpaired) electrons. The number of benzene rings is 1. The van der Waals surface area contributed by atoms with Gasteiger partial charge in [0, 0.05) is 0 Å². The number of hydrogen-bond donors (Lipinski definition) is 1. The minimum atomic E-state index is -0.0836. The van der Waals surface area contributed by atoms with Crippen LogP contribution >= 0.6 is 0 Å². The van der Waals surface area contributed by atoms with E-state index in [4.69, 9.17) is 15.2 Å². The van der Waals surface area contributed by atoms with Crippen molar-refractivity contribution in [1.82, 2.24) is 15.0 Å². The van der Waals surface area contributed by atoms with Crippen molar-refractivity contribution in [2.45, 2.75) is 19.6 Å². The molecule has 1 unspecified atom stereocenters. The second kappa shape index (κ2) is 4.21. The molecule has 6 nitrogen and oxygen atoms in total. The number of fused-ring (bicyclic) bond motifs is 1. The van der Waals surface area contributed by atoms with Gasteiger partial charge in [-0.15, -0.1) is 5.10 Å². The Kier molecular flexibility index (Phi) is 2.55. The summed E-state index contributed by atoms with van der Waals surface area (Å²) >= 11 is 0. The summed E-state index contributed by atoms with van der Waals surface area (Å²) in [5.74, 6) is 2.00. The summed E-state index contributed by atoms with van der Waals surface area (Å²) in [7, 11) is 0. The van der Waals surface area contributed by atoms with Crippen molar-refractivity contribution >= 4 is 5.82 Å². The number of aromatic nitrogens is 3. The predicted octanol–water partition coefficient (Wildman–Crippen LogP) is 1.01. The molecular weight excluding hydrogens is 232 g/mol. The van der Waals surface area contributed by atoms with E-state index in [1.165, 1.54) is 0 Å². The lowest BCUT2D eigenvalue weighted by Gasteiger charge is -2.26. The summed E-state index contributed by atoms with van der Waals surface area (Å²) in [6.07, 6.45) is -0.0836. The highest BCUT2D eigenvalue weighted by Crippen LogP contribution is 2.31. The van der Waals surface area contributed by atoms with E-state index >= 15 is 0 Å². The van der Waals surface area contributed by atoms with Crippen LogP contribution in [0.25, 0.3) is 0 Å². The molecule has 0 spiro atoms. The standard InChI is InChI=1S/C12H14N4O2/c1-8-12(13)14-15-16(8)6-9-7-17-10-4-2-3-5-11(10)18-9/h2-5,9H,6-7,13H2,1H3. The molecule has 1 aliphatic heterocycles. The number of hydrogen-bond acceptors (Lipinski definition) is 5. The Balaban J connectivity index is 1.75. The lowest BCUT2D eigenvalue weighted by molar-refractivity contribution is 0.0750. The molecule has 3 rings (SSSR count). The van der Waals surface area contributed by atoms with Gasteiger partial charge in [-0.05, 0) is 19.1 Å². The van der Waals surface area contributed by atoms with E-state index in [1.807, 2.05) is 31.2 Å². The zero-order valence-electron chi connectivity index (χ0n) is 10.0. The zero-order chi connectivity index (χ0) is 12.5. The van der Waals surface area contributed by atoms with Gasteiger partial charge in [-0.3, -0.25) is 0 Å². The molecule has 2 aromatic rings. The number of nitrogens with zero attached hydrogens (tertiary/aromatic N) is 3. The second-order valence-electron chi connectivity index (χ2n) is 4.24. The molecule has 0 saturated heterocycles. The van der Waals surface area contributed by atoms with E-state index in [0.717, 1.165) is 17.2 Å². The van der Waals surface area contributed by atoms with Crippen LogP contribution in [0.1, 0.15) is 5.69 Å². The maximum Gasteiger partial charge on any atom is 0.168 e. The molecule has 0 saturated carbocycles. The van der Waals surface area contributed by atoms with Crippen molar-refractivity contribution in [1.29, 1.82) is 0 Å². The van der Waals surface area contributed by atoms with Gasteiger partial charge in [0.25, 0.3) is 0 Å². The predicted molar refractivity (Wildman–Crippen MR) is 65.5 cm³/mol. The van der Waals surface area contributed by atoms with Gasteiger partial charge in [0.15, 0.2) is 23.4 Å². The highest BCUT2D eigenvalue weighted by molar-refractivity contribution is 5.40. The molecule has 0 aliphatic carbocycles. The zero-order valence-corrected chi connectivity index (χ0v) is 10.0. The van der Waals surface area contributed by atoms with Gasteiger partial charge < -0.3 is 15.2 Å². The van der Waals surface area contributed by atoms with Gasteiger partial charge >= 0.3 is 0 Å². The van der Waals surface area contributed by atoms with Crippen LogP contribution in [0, 0.1) is 6.92 Å². The molecule has 0 bridgehead atoms. The van der Waals surface area contributed by atoms with Crippen molar-refractivity contribution in [3.63, 3.8) is 0 Å². The van der Waals surface area contributed by atoms with Crippen molar-refractivity contribution in [3.05, 3.63) is 30.0 Å². The fraction of sp³-hybridized carbons (Fsp3) is 0.333. The molecule has 1 atom stereocenters. The summed E-state index contributed by atoms with van der Waals surface area (Å²) in [5.41, 5.74) is 6.50. The first-order valence-electron chi connectivity index (χ1n) is 5.78.